The van der Waals surface area contributed by atoms with Crippen molar-refractivity contribution in [1.82, 2.24) is 0 Å². The van der Waals surface area contributed by atoms with E-state index in [0.29, 0.717) is 6.54 Å². The molecule has 76 valence electrons. The van der Waals surface area contributed by atoms with Crippen LogP contribution in [-0.4, -0.2) is 6.54 Å². The summed E-state index contributed by atoms with van der Waals surface area (Å²) in [5.41, 5.74) is 14.4. The molecule has 0 unspecified atom stereocenters. The Bertz CT molecular complexity index is 349. The number of fused-ring (bicyclic) bond motifs is 1. The van der Waals surface area contributed by atoms with E-state index >= 15 is 0 Å². The Morgan fingerprint density at radius 1 is 1.29 bits per heavy atom. The molecule has 0 radical (unpaired) electrons. The minimum Gasteiger partial charge on any atom is -0.329 e. The third-order valence-electron chi connectivity index (χ3n) is 2.92. The number of nitrogens with two attached hydrogens (primary N) is 2. The van der Waals surface area contributed by atoms with Gasteiger partial charge in [-0.15, -0.1) is 0 Å². The van der Waals surface area contributed by atoms with Gasteiger partial charge in [0, 0.05) is 12.6 Å². The van der Waals surface area contributed by atoms with Crippen molar-refractivity contribution < 1.29 is 4.39 Å². The maximum absolute atomic E-state index is 13.4. The molecule has 2 nitrogen and oxygen atoms in total. The van der Waals surface area contributed by atoms with Crippen LogP contribution in [0, 0.1) is 5.82 Å². The summed E-state index contributed by atoms with van der Waals surface area (Å²) in [5, 5.41) is 0. The lowest BCUT2D eigenvalue weighted by Crippen LogP contribution is -2.22. The zero-order chi connectivity index (χ0) is 10.1. The van der Waals surface area contributed by atoms with Gasteiger partial charge in [0.25, 0.3) is 0 Å². The van der Waals surface area contributed by atoms with Crippen molar-refractivity contribution in [2.24, 2.45) is 11.5 Å². The number of benzene rings is 1. The molecule has 1 aliphatic rings. The highest BCUT2D eigenvalue weighted by molar-refractivity contribution is 5.41. The van der Waals surface area contributed by atoms with Crippen molar-refractivity contribution in [1.29, 1.82) is 0 Å². The van der Waals surface area contributed by atoms with E-state index in [1.54, 1.807) is 6.07 Å². The van der Waals surface area contributed by atoms with Gasteiger partial charge in [0.2, 0.25) is 0 Å². The average Bonchev–Trinajstić information content (AvgIpc) is 2.67. The van der Waals surface area contributed by atoms with Crippen molar-refractivity contribution in [2.75, 3.05) is 6.54 Å². The van der Waals surface area contributed by atoms with Gasteiger partial charge in [0.05, 0.1) is 0 Å². The Balaban J connectivity index is 2.48. The lowest BCUT2D eigenvalue weighted by molar-refractivity contribution is 0.610. The molecule has 4 N–H and O–H groups in total. The second-order valence-electron chi connectivity index (χ2n) is 3.79. The molecule has 0 saturated carbocycles. The van der Waals surface area contributed by atoms with Crippen LogP contribution in [0.2, 0.25) is 0 Å². The summed E-state index contributed by atoms with van der Waals surface area (Å²) in [6.07, 6.45) is 2.81. The molecule has 1 aromatic carbocycles. The van der Waals surface area contributed by atoms with Gasteiger partial charge in [0.1, 0.15) is 5.82 Å². The van der Waals surface area contributed by atoms with Crippen LogP contribution in [0.5, 0.6) is 0 Å². The third kappa shape index (κ3) is 1.42. The molecule has 0 aliphatic heterocycles. The van der Waals surface area contributed by atoms with E-state index in [0.717, 1.165) is 36.0 Å². The first-order chi connectivity index (χ1) is 6.74. The summed E-state index contributed by atoms with van der Waals surface area (Å²) in [5.74, 6) is -0.0922. The molecule has 0 saturated heterocycles. The topological polar surface area (TPSA) is 52.0 Å². The predicted octanol–water partition coefficient (Wildman–Crippen LogP) is 1.27. The molecule has 1 atom stereocenters. The van der Waals surface area contributed by atoms with Gasteiger partial charge in [0.15, 0.2) is 0 Å². The van der Waals surface area contributed by atoms with E-state index in [-0.39, 0.29) is 11.9 Å². The molecule has 1 aromatic rings. The van der Waals surface area contributed by atoms with Crippen molar-refractivity contribution in [2.45, 2.75) is 25.3 Å². The number of hydrogen-bond donors (Lipinski definition) is 2. The van der Waals surface area contributed by atoms with E-state index in [9.17, 15) is 4.39 Å². The summed E-state index contributed by atoms with van der Waals surface area (Å²) in [4.78, 5) is 0. The van der Waals surface area contributed by atoms with Crippen LogP contribution in [-0.2, 0) is 12.8 Å². The summed E-state index contributed by atoms with van der Waals surface area (Å²) < 4.78 is 13.4. The molecular formula is C11H15FN2. The quantitative estimate of drug-likeness (QED) is 0.745. The van der Waals surface area contributed by atoms with Crippen LogP contribution in [0.3, 0.4) is 0 Å². The molecule has 0 fully saturated rings. The smallest absolute Gasteiger partial charge is 0.126 e. The van der Waals surface area contributed by atoms with Crippen LogP contribution in [0.25, 0.3) is 0 Å². The Hall–Kier alpha value is -0.930. The molecule has 0 aromatic heterocycles. The maximum atomic E-state index is 13.4. The normalized spacial score (nSPS) is 16.8. The lowest BCUT2D eigenvalue weighted by atomic mass is 9.97. The van der Waals surface area contributed by atoms with E-state index < -0.39 is 0 Å². The Labute approximate surface area is 83.1 Å². The van der Waals surface area contributed by atoms with Crippen molar-refractivity contribution in [3.05, 3.63) is 34.6 Å². The summed E-state index contributed by atoms with van der Waals surface area (Å²) in [6.45, 7) is 0.415. The fourth-order valence-electron chi connectivity index (χ4n) is 2.16. The summed E-state index contributed by atoms with van der Waals surface area (Å²) >= 11 is 0. The van der Waals surface area contributed by atoms with Gasteiger partial charge in [-0.1, -0.05) is 6.07 Å². The second kappa shape index (κ2) is 3.67. The SMILES string of the molecule is NC[C@H](N)c1ccc(F)c2c1CCC2. The third-order valence-corrected chi connectivity index (χ3v) is 2.92. The van der Waals surface area contributed by atoms with Crippen molar-refractivity contribution >= 4 is 0 Å². The molecule has 3 heteroatoms. The van der Waals surface area contributed by atoms with Gasteiger partial charge in [-0.3, -0.25) is 0 Å². The number of rotatable bonds is 2. The van der Waals surface area contributed by atoms with Gasteiger partial charge in [-0.05, 0) is 42.0 Å². The van der Waals surface area contributed by atoms with Crippen LogP contribution in [0.4, 0.5) is 4.39 Å². The zero-order valence-electron chi connectivity index (χ0n) is 8.09. The van der Waals surface area contributed by atoms with Crippen LogP contribution >= 0.6 is 0 Å². The number of halogens is 1. The Kier molecular flexibility index (Phi) is 2.52. The summed E-state index contributed by atoms with van der Waals surface area (Å²) in [6, 6.07) is 3.13. The molecule has 1 aliphatic carbocycles. The fraction of sp³-hybridized carbons (Fsp3) is 0.455. The Morgan fingerprint density at radius 3 is 2.71 bits per heavy atom. The monoisotopic (exact) mass is 194 g/mol. The van der Waals surface area contributed by atoms with Gasteiger partial charge in [-0.2, -0.15) is 0 Å². The van der Waals surface area contributed by atoms with Gasteiger partial charge in [-0.25, -0.2) is 4.39 Å². The van der Waals surface area contributed by atoms with E-state index in [2.05, 4.69) is 0 Å². The molecule has 2 rings (SSSR count). The first kappa shape index (κ1) is 9.62. The maximum Gasteiger partial charge on any atom is 0.126 e. The first-order valence-corrected chi connectivity index (χ1v) is 5.00. The fourth-order valence-corrected chi connectivity index (χ4v) is 2.16. The van der Waals surface area contributed by atoms with Crippen LogP contribution < -0.4 is 11.5 Å². The zero-order valence-corrected chi connectivity index (χ0v) is 8.09. The first-order valence-electron chi connectivity index (χ1n) is 5.00. The Morgan fingerprint density at radius 2 is 2.00 bits per heavy atom. The van der Waals surface area contributed by atoms with E-state index in [1.807, 2.05) is 0 Å². The average molecular weight is 194 g/mol. The van der Waals surface area contributed by atoms with Crippen molar-refractivity contribution in [3.8, 4) is 0 Å². The van der Waals surface area contributed by atoms with Gasteiger partial charge >= 0.3 is 0 Å². The highest BCUT2D eigenvalue weighted by Gasteiger charge is 2.20. The molecule has 0 heterocycles. The standard InChI is InChI=1S/C11H15FN2/c12-10-5-4-9(11(14)6-13)7-2-1-3-8(7)10/h4-5,11H,1-3,6,13-14H2/t11-/m0/s1. The van der Waals surface area contributed by atoms with E-state index in [1.165, 1.54) is 6.07 Å². The second-order valence-corrected chi connectivity index (χ2v) is 3.79. The van der Waals surface area contributed by atoms with E-state index in [4.69, 9.17) is 11.5 Å². The van der Waals surface area contributed by atoms with Gasteiger partial charge < -0.3 is 11.5 Å². The number of hydrogen-bond acceptors (Lipinski definition) is 2. The molecular weight excluding hydrogens is 179 g/mol. The molecule has 0 amide bonds. The highest BCUT2D eigenvalue weighted by atomic mass is 19.1. The minimum absolute atomic E-state index is 0.0922. The largest absolute Gasteiger partial charge is 0.329 e. The summed E-state index contributed by atoms with van der Waals surface area (Å²) in [7, 11) is 0. The predicted molar refractivity (Wildman–Crippen MR) is 54.4 cm³/mol. The molecule has 14 heavy (non-hydrogen) atoms. The lowest BCUT2D eigenvalue weighted by Gasteiger charge is -2.14. The highest BCUT2D eigenvalue weighted by Crippen LogP contribution is 2.30. The van der Waals surface area contributed by atoms with Crippen LogP contribution in [0.15, 0.2) is 12.1 Å². The minimum atomic E-state index is -0.151. The molecule has 0 spiro atoms. The van der Waals surface area contributed by atoms with Crippen LogP contribution in [0.1, 0.15) is 29.2 Å². The van der Waals surface area contributed by atoms with Crippen molar-refractivity contribution in [3.63, 3.8) is 0 Å². The molecule has 0 bridgehead atoms.